The van der Waals surface area contributed by atoms with E-state index >= 15 is 0 Å². The van der Waals surface area contributed by atoms with Crippen LogP contribution in [0, 0.1) is 0 Å². The highest BCUT2D eigenvalue weighted by Crippen LogP contribution is 2.40. The van der Waals surface area contributed by atoms with Gasteiger partial charge in [-0.3, -0.25) is 9.59 Å². The van der Waals surface area contributed by atoms with E-state index in [2.05, 4.69) is 33.5 Å². The molecule has 2 aliphatic rings. The normalized spacial score (nSPS) is 14.4. The number of carbonyl (C=O) groups excluding carboxylic acids is 2. The number of anilines is 1. The minimum Gasteiger partial charge on any atom is -0.352 e. The fourth-order valence-electron chi connectivity index (χ4n) is 3.61. The van der Waals surface area contributed by atoms with Gasteiger partial charge in [-0.15, -0.1) is 0 Å². The molecule has 2 aliphatic carbocycles. The van der Waals surface area contributed by atoms with Crippen molar-refractivity contribution in [3.05, 3.63) is 89.1 Å². The van der Waals surface area contributed by atoms with E-state index in [1.54, 1.807) is 0 Å². The SMILES string of the molecule is O=C1C(Nc2cccc3c2Cc2ccccc2-3)=CC(=O)c2ncncc21. The molecule has 0 bridgehead atoms. The van der Waals surface area contributed by atoms with Crippen molar-refractivity contribution < 1.29 is 9.59 Å². The Morgan fingerprint density at radius 3 is 2.69 bits per heavy atom. The predicted octanol–water partition coefficient (Wildman–Crippen LogP) is 3.42. The molecule has 0 radical (unpaired) electrons. The Hall–Kier alpha value is -3.60. The Morgan fingerprint density at radius 2 is 1.77 bits per heavy atom. The van der Waals surface area contributed by atoms with Crippen LogP contribution in [0.15, 0.2) is 66.8 Å². The molecule has 0 spiro atoms. The first-order chi connectivity index (χ1) is 12.7. The predicted molar refractivity (Wildman–Crippen MR) is 97.1 cm³/mol. The van der Waals surface area contributed by atoms with Gasteiger partial charge in [-0.1, -0.05) is 36.4 Å². The smallest absolute Gasteiger partial charge is 0.213 e. The number of fused-ring (bicyclic) bond motifs is 4. The number of allylic oxidation sites excluding steroid dienone is 2. The maximum absolute atomic E-state index is 12.7. The molecule has 0 unspecified atom stereocenters. The Labute approximate surface area is 149 Å². The zero-order valence-corrected chi connectivity index (χ0v) is 13.7. The van der Waals surface area contributed by atoms with Crippen LogP contribution in [0.4, 0.5) is 5.69 Å². The van der Waals surface area contributed by atoms with Gasteiger partial charge < -0.3 is 5.32 Å². The van der Waals surface area contributed by atoms with Crippen LogP contribution >= 0.6 is 0 Å². The van der Waals surface area contributed by atoms with Crippen LogP contribution in [0.1, 0.15) is 32.0 Å². The van der Waals surface area contributed by atoms with Crippen LogP contribution in [-0.2, 0) is 6.42 Å². The summed E-state index contributed by atoms with van der Waals surface area (Å²) in [6.45, 7) is 0. The lowest BCUT2D eigenvalue weighted by atomic mass is 9.97. The quantitative estimate of drug-likeness (QED) is 0.606. The Balaban J connectivity index is 1.55. The van der Waals surface area contributed by atoms with E-state index in [1.165, 1.54) is 29.7 Å². The maximum Gasteiger partial charge on any atom is 0.213 e. The fourth-order valence-corrected chi connectivity index (χ4v) is 3.61. The molecule has 0 saturated carbocycles. The van der Waals surface area contributed by atoms with Crippen molar-refractivity contribution in [2.24, 2.45) is 0 Å². The van der Waals surface area contributed by atoms with Gasteiger partial charge in [0.05, 0.1) is 11.3 Å². The molecule has 5 heteroatoms. The molecule has 2 aromatic carbocycles. The minimum atomic E-state index is -0.291. The van der Waals surface area contributed by atoms with Crippen molar-refractivity contribution in [3.8, 4) is 11.1 Å². The highest BCUT2D eigenvalue weighted by molar-refractivity contribution is 6.24. The average Bonchev–Trinajstić information content (AvgIpc) is 3.06. The largest absolute Gasteiger partial charge is 0.352 e. The van der Waals surface area contributed by atoms with Crippen molar-refractivity contribution >= 4 is 17.3 Å². The van der Waals surface area contributed by atoms with E-state index in [0.29, 0.717) is 0 Å². The summed E-state index contributed by atoms with van der Waals surface area (Å²) in [7, 11) is 0. The van der Waals surface area contributed by atoms with E-state index in [0.717, 1.165) is 23.2 Å². The van der Waals surface area contributed by atoms with Crippen LogP contribution in [0.25, 0.3) is 11.1 Å². The molecule has 5 nitrogen and oxygen atoms in total. The molecule has 1 heterocycles. The summed E-state index contributed by atoms with van der Waals surface area (Å²) in [6, 6.07) is 14.2. The summed E-state index contributed by atoms with van der Waals surface area (Å²) < 4.78 is 0. The molecular weight excluding hydrogens is 326 g/mol. The van der Waals surface area contributed by atoms with Gasteiger partial charge in [0.1, 0.15) is 12.0 Å². The van der Waals surface area contributed by atoms with Gasteiger partial charge in [0.15, 0.2) is 0 Å². The van der Waals surface area contributed by atoms with Gasteiger partial charge in [0.2, 0.25) is 11.6 Å². The van der Waals surface area contributed by atoms with E-state index in [-0.39, 0.29) is 28.5 Å². The topological polar surface area (TPSA) is 72.0 Å². The van der Waals surface area contributed by atoms with Crippen LogP contribution in [0.5, 0.6) is 0 Å². The molecule has 0 aliphatic heterocycles. The molecule has 26 heavy (non-hydrogen) atoms. The van der Waals surface area contributed by atoms with Crippen LogP contribution in [-0.4, -0.2) is 21.5 Å². The van der Waals surface area contributed by atoms with E-state index in [9.17, 15) is 9.59 Å². The van der Waals surface area contributed by atoms with Crippen molar-refractivity contribution in [1.29, 1.82) is 0 Å². The van der Waals surface area contributed by atoms with Gasteiger partial charge in [-0.25, -0.2) is 9.97 Å². The van der Waals surface area contributed by atoms with E-state index < -0.39 is 0 Å². The molecule has 3 aromatic rings. The van der Waals surface area contributed by atoms with Crippen molar-refractivity contribution in [3.63, 3.8) is 0 Å². The first kappa shape index (κ1) is 14.7. The standard InChI is InChI=1S/C21H13N3O2/c25-19-9-18(21(26)16-10-22-11-23-20(16)19)24-17-7-3-6-14-13-5-2-1-4-12(13)8-15(14)17/h1-7,9-11,24H,8H2. The second kappa shape index (κ2) is 5.46. The number of ketones is 2. The molecule has 0 atom stereocenters. The molecule has 0 saturated heterocycles. The van der Waals surface area contributed by atoms with Gasteiger partial charge in [-0.05, 0) is 28.3 Å². The minimum absolute atomic E-state index is 0.154. The fraction of sp³-hybridized carbons (Fsp3) is 0.0476. The zero-order valence-electron chi connectivity index (χ0n) is 13.7. The number of Topliss-reactive ketones (excluding diaryl/α,β-unsaturated/α-hetero) is 1. The lowest BCUT2D eigenvalue weighted by Gasteiger charge is -2.17. The number of nitrogens with zero attached hydrogens (tertiary/aromatic N) is 2. The molecule has 124 valence electrons. The summed E-state index contributed by atoms with van der Waals surface area (Å²) in [5, 5.41) is 3.17. The summed E-state index contributed by atoms with van der Waals surface area (Å²) in [6.07, 6.45) is 4.78. The lowest BCUT2D eigenvalue weighted by Crippen LogP contribution is -2.23. The number of benzene rings is 2. The summed E-state index contributed by atoms with van der Waals surface area (Å²) in [5.41, 5.74) is 6.24. The Bertz CT molecular complexity index is 1130. The maximum atomic E-state index is 12.7. The number of hydrogen-bond acceptors (Lipinski definition) is 5. The number of hydrogen-bond donors (Lipinski definition) is 1. The third kappa shape index (κ3) is 2.10. The van der Waals surface area contributed by atoms with Crippen molar-refractivity contribution in [2.45, 2.75) is 6.42 Å². The highest BCUT2D eigenvalue weighted by atomic mass is 16.1. The molecule has 0 fully saturated rings. The second-order valence-corrected chi connectivity index (χ2v) is 6.33. The zero-order chi connectivity index (χ0) is 17.7. The van der Waals surface area contributed by atoms with E-state index in [4.69, 9.17) is 0 Å². The van der Waals surface area contributed by atoms with Gasteiger partial charge in [-0.2, -0.15) is 0 Å². The van der Waals surface area contributed by atoms with Crippen LogP contribution < -0.4 is 5.32 Å². The number of nitrogens with one attached hydrogen (secondary N) is 1. The number of carbonyl (C=O) groups is 2. The molecule has 5 rings (SSSR count). The van der Waals surface area contributed by atoms with Gasteiger partial charge in [0.25, 0.3) is 0 Å². The monoisotopic (exact) mass is 339 g/mol. The van der Waals surface area contributed by atoms with Crippen molar-refractivity contribution in [1.82, 2.24) is 9.97 Å². The summed E-state index contributed by atoms with van der Waals surface area (Å²) in [4.78, 5) is 32.8. The highest BCUT2D eigenvalue weighted by Gasteiger charge is 2.28. The molecular formula is C21H13N3O2. The molecule has 1 N–H and O–H groups in total. The third-order valence-corrected chi connectivity index (χ3v) is 4.83. The third-order valence-electron chi connectivity index (χ3n) is 4.83. The summed E-state index contributed by atoms with van der Waals surface area (Å²) in [5.74, 6) is -0.561. The Kier molecular flexibility index (Phi) is 3.09. The first-order valence-corrected chi connectivity index (χ1v) is 8.30. The number of rotatable bonds is 2. The lowest BCUT2D eigenvalue weighted by molar-refractivity contribution is 0.0981. The first-order valence-electron chi connectivity index (χ1n) is 8.30. The van der Waals surface area contributed by atoms with Crippen LogP contribution in [0.3, 0.4) is 0 Å². The average molecular weight is 339 g/mol. The molecule has 1 aromatic heterocycles. The Morgan fingerprint density at radius 1 is 0.923 bits per heavy atom. The van der Waals surface area contributed by atoms with Gasteiger partial charge in [0, 0.05) is 24.4 Å². The van der Waals surface area contributed by atoms with Crippen LogP contribution in [0.2, 0.25) is 0 Å². The van der Waals surface area contributed by atoms with Gasteiger partial charge >= 0.3 is 0 Å². The molecule has 0 amide bonds. The van der Waals surface area contributed by atoms with Crippen molar-refractivity contribution in [2.75, 3.05) is 5.32 Å². The number of aromatic nitrogens is 2. The summed E-state index contributed by atoms with van der Waals surface area (Å²) >= 11 is 0. The van der Waals surface area contributed by atoms with E-state index in [1.807, 2.05) is 24.3 Å². The second-order valence-electron chi connectivity index (χ2n) is 6.33.